The Hall–Kier alpha value is -0.450. The predicted molar refractivity (Wildman–Crippen MR) is 61.5 cm³/mol. The molecular formula is C10H19N3S. The maximum atomic E-state index is 5.60. The molecule has 1 rings (SSSR count). The fraction of sp³-hybridized carbons (Fsp3) is 0.700. The summed E-state index contributed by atoms with van der Waals surface area (Å²) in [7, 11) is 2.10. The Kier molecular flexibility index (Phi) is 4.51. The van der Waals surface area contributed by atoms with Crippen molar-refractivity contribution in [2.45, 2.75) is 32.9 Å². The van der Waals surface area contributed by atoms with Gasteiger partial charge in [0.15, 0.2) is 0 Å². The van der Waals surface area contributed by atoms with E-state index in [1.54, 1.807) is 11.3 Å². The Morgan fingerprint density at radius 1 is 1.64 bits per heavy atom. The standard InChI is InChI=1S/C10H19N3S/c1-4-10-12-6-9(14-10)7-13(3)8(2)5-11/h6,8H,4-5,7,11H2,1-3H3. The first-order chi connectivity index (χ1) is 6.67. The van der Waals surface area contributed by atoms with Gasteiger partial charge in [0.05, 0.1) is 5.01 Å². The maximum Gasteiger partial charge on any atom is 0.0925 e. The molecule has 80 valence electrons. The smallest absolute Gasteiger partial charge is 0.0925 e. The first-order valence-electron chi connectivity index (χ1n) is 5.01. The molecule has 0 aromatic carbocycles. The van der Waals surface area contributed by atoms with Gasteiger partial charge in [-0.3, -0.25) is 4.90 Å². The van der Waals surface area contributed by atoms with Crippen LogP contribution in [0.3, 0.4) is 0 Å². The molecule has 0 saturated carbocycles. The van der Waals surface area contributed by atoms with Gasteiger partial charge in [0.2, 0.25) is 0 Å². The van der Waals surface area contributed by atoms with Crippen molar-refractivity contribution < 1.29 is 0 Å². The van der Waals surface area contributed by atoms with Gasteiger partial charge in [-0.15, -0.1) is 11.3 Å². The van der Waals surface area contributed by atoms with E-state index in [-0.39, 0.29) is 0 Å². The van der Waals surface area contributed by atoms with Crippen LogP contribution in [0.5, 0.6) is 0 Å². The van der Waals surface area contributed by atoms with Crippen LogP contribution in [0.4, 0.5) is 0 Å². The molecule has 0 bridgehead atoms. The molecule has 0 radical (unpaired) electrons. The predicted octanol–water partition coefficient (Wildman–Crippen LogP) is 1.48. The second-order valence-corrected chi connectivity index (χ2v) is 4.77. The number of nitrogens with two attached hydrogens (primary N) is 1. The lowest BCUT2D eigenvalue weighted by Crippen LogP contribution is -2.34. The van der Waals surface area contributed by atoms with Crippen LogP contribution in [-0.4, -0.2) is 29.5 Å². The van der Waals surface area contributed by atoms with Crippen molar-refractivity contribution in [3.05, 3.63) is 16.1 Å². The quantitative estimate of drug-likeness (QED) is 0.805. The maximum absolute atomic E-state index is 5.60. The Bertz CT molecular complexity index is 272. The van der Waals surface area contributed by atoms with Crippen LogP contribution in [0.2, 0.25) is 0 Å². The van der Waals surface area contributed by atoms with Gasteiger partial charge < -0.3 is 5.73 Å². The van der Waals surface area contributed by atoms with Crippen molar-refractivity contribution in [1.82, 2.24) is 9.88 Å². The van der Waals surface area contributed by atoms with Crippen molar-refractivity contribution in [2.24, 2.45) is 5.73 Å². The zero-order valence-corrected chi connectivity index (χ0v) is 9.97. The van der Waals surface area contributed by atoms with Gasteiger partial charge in [-0.25, -0.2) is 4.98 Å². The summed E-state index contributed by atoms with van der Waals surface area (Å²) in [5, 5.41) is 1.22. The molecule has 1 aromatic rings. The molecule has 3 nitrogen and oxygen atoms in total. The van der Waals surface area contributed by atoms with Crippen molar-refractivity contribution >= 4 is 11.3 Å². The summed E-state index contributed by atoms with van der Waals surface area (Å²) in [6.45, 7) is 5.93. The lowest BCUT2D eigenvalue weighted by atomic mass is 10.3. The summed E-state index contributed by atoms with van der Waals surface area (Å²) in [6.07, 6.45) is 3.00. The van der Waals surface area contributed by atoms with E-state index in [2.05, 4.69) is 30.8 Å². The van der Waals surface area contributed by atoms with Crippen LogP contribution in [0.1, 0.15) is 23.7 Å². The first kappa shape index (κ1) is 11.6. The normalized spacial score (nSPS) is 13.5. The van der Waals surface area contributed by atoms with Gasteiger partial charge in [-0.1, -0.05) is 6.92 Å². The second-order valence-electron chi connectivity index (χ2n) is 3.57. The molecule has 0 spiro atoms. The number of rotatable bonds is 5. The van der Waals surface area contributed by atoms with Crippen LogP contribution in [0, 0.1) is 0 Å². The Labute approximate surface area is 89.9 Å². The van der Waals surface area contributed by atoms with E-state index in [1.807, 2.05) is 6.20 Å². The topological polar surface area (TPSA) is 42.2 Å². The Morgan fingerprint density at radius 3 is 2.86 bits per heavy atom. The molecule has 1 heterocycles. The third-order valence-corrected chi connectivity index (χ3v) is 3.53. The fourth-order valence-electron chi connectivity index (χ4n) is 1.17. The van der Waals surface area contributed by atoms with Gasteiger partial charge in [0.25, 0.3) is 0 Å². The number of hydrogen-bond donors (Lipinski definition) is 1. The molecule has 2 N–H and O–H groups in total. The average molecular weight is 213 g/mol. The van der Waals surface area contributed by atoms with Gasteiger partial charge in [0, 0.05) is 30.2 Å². The van der Waals surface area contributed by atoms with Crippen molar-refractivity contribution in [3.63, 3.8) is 0 Å². The summed E-state index contributed by atoms with van der Waals surface area (Å²) in [5.41, 5.74) is 5.60. The zero-order valence-electron chi connectivity index (χ0n) is 9.16. The highest BCUT2D eigenvalue weighted by Gasteiger charge is 2.09. The number of hydrogen-bond acceptors (Lipinski definition) is 4. The molecule has 0 saturated heterocycles. The minimum Gasteiger partial charge on any atom is -0.329 e. The second kappa shape index (κ2) is 5.44. The largest absolute Gasteiger partial charge is 0.329 e. The minimum atomic E-state index is 0.433. The van der Waals surface area contributed by atoms with E-state index >= 15 is 0 Å². The SMILES string of the molecule is CCc1ncc(CN(C)C(C)CN)s1. The number of aromatic nitrogens is 1. The third-order valence-electron chi connectivity index (χ3n) is 2.40. The molecule has 14 heavy (non-hydrogen) atoms. The van der Waals surface area contributed by atoms with E-state index < -0.39 is 0 Å². The zero-order chi connectivity index (χ0) is 10.6. The molecule has 0 aliphatic carbocycles. The molecule has 0 amide bonds. The van der Waals surface area contributed by atoms with Crippen molar-refractivity contribution in [1.29, 1.82) is 0 Å². The molecule has 0 aliphatic rings. The average Bonchev–Trinajstić information content (AvgIpc) is 2.64. The highest BCUT2D eigenvalue weighted by atomic mass is 32.1. The molecule has 4 heteroatoms. The monoisotopic (exact) mass is 213 g/mol. The number of thiazole rings is 1. The Morgan fingerprint density at radius 2 is 2.36 bits per heavy atom. The molecule has 0 aliphatic heterocycles. The molecular weight excluding hydrogens is 194 g/mol. The van der Waals surface area contributed by atoms with Gasteiger partial charge in [0.1, 0.15) is 0 Å². The van der Waals surface area contributed by atoms with E-state index in [0.717, 1.165) is 13.0 Å². The highest BCUT2D eigenvalue weighted by Crippen LogP contribution is 2.15. The van der Waals surface area contributed by atoms with E-state index in [1.165, 1.54) is 9.88 Å². The molecule has 1 atom stereocenters. The van der Waals surface area contributed by atoms with E-state index in [4.69, 9.17) is 5.73 Å². The summed E-state index contributed by atoms with van der Waals surface area (Å²) in [4.78, 5) is 7.91. The van der Waals surface area contributed by atoms with Crippen LogP contribution in [-0.2, 0) is 13.0 Å². The van der Waals surface area contributed by atoms with Crippen LogP contribution in [0.15, 0.2) is 6.20 Å². The Balaban J connectivity index is 2.51. The van der Waals surface area contributed by atoms with E-state index in [9.17, 15) is 0 Å². The summed E-state index contributed by atoms with van der Waals surface area (Å²) in [5.74, 6) is 0. The molecule has 0 fully saturated rings. The number of aryl methyl sites for hydroxylation is 1. The van der Waals surface area contributed by atoms with Crippen molar-refractivity contribution in [3.8, 4) is 0 Å². The third kappa shape index (κ3) is 3.04. The first-order valence-corrected chi connectivity index (χ1v) is 5.82. The summed E-state index contributed by atoms with van der Waals surface area (Å²) < 4.78 is 0. The fourth-order valence-corrected chi connectivity index (χ4v) is 2.09. The lowest BCUT2D eigenvalue weighted by Gasteiger charge is -2.22. The number of nitrogens with zero attached hydrogens (tertiary/aromatic N) is 2. The van der Waals surface area contributed by atoms with Crippen LogP contribution in [0.25, 0.3) is 0 Å². The lowest BCUT2D eigenvalue weighted by molar-refractivity contribution is 0.257. The van der Waals surface area contributed by atoms with Gasteiger partial charge in [-0.2, -0.15) is 0 Å². The minimum absolute atomic E-state index is 0.433. The highest BCUT2D eigenvalue weighted by molar-refractivity contribution is 7.11. The van der Waals surface area contributed by atoms with Gasteiger partial charge >= 0.3 is 0 Å². The van der Waals surface area contributed by atoms with Crippen LogP contribution < -0.4 is 5.73 Å². The number of likely N-dealkylation sites (N-methyl/N-ethyl adjacent to an activating group) is 1. The van der Waals surface area contributed by atoms with Gasteiger partial charge in [-0.05, 0) is 20.4 Å². The molecule has 1 aromatic heterocycles. The van der Waals surface area contributed by atoms with E-state index in [0.29, 0.717) is 12.6 Å². The van der Waals surface area contributed by atoms with Crippen molar-refractivity contribution in [2.75, 3.05) is 13.6 Å². The molecule has 1 unspecified atom stereocenters. The summed E-state index contributed by atoms with van der Waals surface area (Å²) >= 11 is 1.80. The van der Waals surface area contributed by atoms with Crippen LogP contribution >= 0.6 is 11.3 Å². The summed E-state index contributed by atoms with van der Waals surface area (Å²) in [6, 6.07) is 0.433.